The van der Waals surface area contributed by atoms with E-state index in [1.807, 2.05) is 0 Å². The van der Waals surface area contributed by atoms with E-state index in [2.05, 4.69) is 4.98 Å². The number of nitrogens with two attached hydrogens (primary N) is 1. The number of alkyl halides is 2. The first kappa shape index (κ1) is 9.18. The molecule has 1 fully saturated rings. The van der Waals surface area contributed by atoms with Crippen LogP contribution in [0.15, 0.2) is 18.2 Å². The minimum atomic E-state index is -2.59. The van der Waals surface area contributed by atoms with Gasteiger partial charge in [-0.15, -0.1) is 0 Å². The van der Waals surface area contributed by atoms with Crippen molar-refractivity contribution in [2.45, 2.75) is 12.3 Å². The molecule has 1 aliphatic rings. The molecule has 0 atom stereocenters. The largest absolute Gasteiger partial charge is 0.384 e. The Morgan fingerprint density at radius 1 is 1.43 bits per heavy atom. The Balaban J connectivity index is 2.17. The molecule has 0 aliphatic carbocycles. The first-order valence-corrected chi connectivity index (χ1v) is 4.42. The number of aromatic nitrogens is 1. The lowest BCUT2D eigenvalue weighted by atomic mass is 10.3. The second-order valence-electron chi connectivity index (χ2n) is 3.45. The monoisotopic (exact) mass is 199 g/mol. The zero-order chi connectivity index (χ0) is 10.2. The summed E-state index contributed by atoms with van der Waals surface area (Å²) in [6, 6.07) is 5.05. The van der Waals surface area contributed by atoms with Gasteiger partial charge in [-0.1, -0.05) is 6.07 Å². The summed E-state index contributed by atoms with van der Waals surface area (Å²) in [7, 11) is 0. The lowest BCUT2D eigenvalue weighted by molar-refractivity contribution is 0.0257. The molecule has 0 radical (unpaired) electrons. The van der Waals surface area contributed by atoms with Gasteiger partial charge in [0.2, 0.25) is 0 Å². The second-order valence-corrected chi connectivity index (χ2v) is 3.45. The molecule has 0 amide bonds. The quantitative estimate of drug-likeness (QED) is 0.745. The van der Waals surface area contributed by atoms with E-state index in [1.165, 1.54) is 0 Å². The molecule has 0 aromatic carbocycles. The topological polar surface area (TPSA) is 42.1 Å². The predicted molar refractivity (Wildman–Crippen MR) is 50.4 cm³/mol. The van der Waals surface area contributed by atoms with Crippen LogP contribution in [0.5, 0.6) is 0 Å². The van der Waals surface area contributed by atoms with Gasteiger partial charge in [-0.3, -0.25) is 0 Å². The molecule has 14 heavy (non-hydrogen) atoms. The summed E-state index contributed by atoms with van der Waals surface area (Å²) in [5, 5.41) is 0. The highest BCUT2D eigenvalue weighted by Crippen LogP contribution is 2.29. The fourth-order valence-corrected chi connectivity index (χ4v) is 1.55. The molecule has 3 nitrogen and oxygen atoms in total. The summed E-state index contributed by atoms with van der Waals surface area (Å²) in [5.41, 5.74) is 5.47. The first-order valence-electron chi connectivity index (χ1n) is 4.42. The first-order chi connectivity index (χ1) is 6.57. The highest BCUT2D eigenvalue weighted by atomic mass is 19.3. The number of hydrogen-bond donors (Lipinski definition) is 1. The summed E-state index contributed by atoms with van der Waals surface area (Å²) < 4.78 is 25.8. The van der Waals surface area contributed by atoms with Gasteiger partial charge in [-0.2, -0.15) is 0 Å². The molecular formula is C9H11F2N3. The third-order valence-electron chi connectivity index (χ3n) is 2.25. The van der Waals surface area contributed by atoms with Crippen LogP contribution >= 0.6 is 0 Å². The van der Waals surface area contributed by atoms with Crippen LogP contribution in [0.1, 0.15) is 6.42 Å². The molecule has 0 saturated carbocycles. The molecule has 0 bridgehead atoms. The standard InChI is InChI=1S/C9H11F2N3/c10-9(11)4-5-14(6-9)8-3-1-2-7(12)13-8/h1-3H,4-6H2,(H2,12,13). The van der Waals surface area contributed by atoms with E-state index in [1.54, 1.807) is 23.1 Å². The maximum atomic E-state index is 12.9. The van der Waals surface area contributed by atoms with Crippen LogP contribution in [0.3, 0.4) is 0 Å². The predicted octanol–water partition coefficient (Wildman–Crippen LogP) is 1.51. The van der Waals surface area contributed by atoms with E-state index < -0.39 is 5.92 Å². The molecule has 2 rings (SSSR count). The SMILES string of the molecule is Nc1cccc(N2CCC(F)(F)C2)n1. The highest BCUT2D eigenvalue weighted by Gasteiger charge is 2.38. The zero-order valence-electron chi connectivity index (χ0n) is 7.58. The van der Waals surface area contributed by atoms with Crippen LogP contribution in [0.4, 0.5) is 20.4 Å². The molecule has 5 heteroatoms. The van der Waals surface area contributed by atoms with E-state index in [-0.39, 0.29) is 13.0 Å². The molecule has 1 saturated heterocycles. The average molecular weight is 199 g/mol. The summed E-state index contributed by atoms with van der Waals surface area (Å²) in [5.74, 6) is -1.70. The van der Waals surface area contributed by atoms with Crippen molar-refractivity contribution in [1.82, 2.24) is 4.98 Å². The highest BCUT2D eigenvalue weighted by molar-refractivity contribution is 5.45. The fourth-order valence-electron chi connectivity index (χ4n) is 1.55. The molecule has 1 aromatic rings. The molecule has 76 valence electrons. The van der Waals surface area contributed by atoms with Gasteiger partial charge in [-0.05, 0) is 12.1 Å². The number of halogens is 2. The lowest BCUT2D eigenvalue weighted by Crippen LogP contribution is -2.25. The number of hydrogen-bond acceptors (Lipinski definition) is 3. The third-order valence-corrected chi connectivity index (χ3v) is 2.25. The average Bonchev–Trinajstić information content (AvgIpc) is 2.46. The van der Waals surface area contributed by atoms with Gasteiger partial charge < -0.3 is 10.6 Å². The van der Waals surface area contributed by atoms with Crippen molar-refractivity contribution in [3.05, 3.63) is 18.2 Å². The molecule has 1 aliphatic heterocycles. The maximum absolute atomic E-state index is 12.9. The molecule has 1 aromatic heterocycles. The maximum Gasteiger partial charge on any atom is 0.266 e. The molecule has 2 N–H and O–H groups in total. The van der Waals surface area contributed by atoms with Crippen molar-refractivity contribution in [3.8, 4) is 0 Å². The normalized spacial score (nSPS) is 20.0. The van der Waals surface area contributed by atoms with Gasteiger partial charge in [0.1, 0.15) is 11.6 Å². The number of nitrogen functional groups attached to an aromatic ring is 1. The molecule has 2 heterocycles. The van der Waals surface area contributed by atoms with Crippen LogP contribution in [-0.4, -0.2) is 24.0 Å². The van der Waals surface area contributed by atoms with Crippen LogP contribution in [0.25, 0.3) is 0 Å². The molecule has 0 spiro atoms. The smallest absolute Gasteiger partial charge is 0.266 e. The van der Waals surface area contributed by atoms with Gasteiger partial charge >= 0.3 is 0 Å². The third kappa shape index (κ3) is 1.76. The molecule has 0 unspecified atom stereocenters. The van der Waals surface area contributed by atoms with E-state index in [0.29, 0.717) is 18.2 Å². The van der Waals surface area contributed by atoms with Crippen molar-refractivity contribution < 1.29 is 8.78 Å². The Bertz CT molecular complexity index is 341. The Morgan fingerprint density at radius 3 is 2.79 bits per heavy atom. The van der Waals surface area contributed by atoms with Crippen molar-refractivity contribution in [3.63, 3.8) is 0 Å². The van der Waals surface area contributed by atoms with Gasteiger partial charge in [0, 0.05) is 13.0 Å². The zero-order valence-corrected chi connectivity index (χ0v) is 7.58. The number of rotatable bonds is 1. The van der Waals surface area contributed by atoms with Crippen molar-refractivity contribution in [2.75, 3.05) is 23.7 Å². The van der Waals surface area contributed by atoms with Gasteiger partial charge in [0.05, 0.1) is 6.54 Å². The summed E-state index contributed by atoms with van der Waals surface area (Å²) in [6.07, 6.45) is -0.108. The van der Waals surface area contributed by atoms with Gasteiger partial charge in [0.25, 0.3) is 5.92 Å². The number of anilines is 2. The van der Waals surface area contributed by atoms with Crippen LogP contribution < -0.4 is 10.6 Å². The lowest BCUT2D eigenvalue weighted by Gasteiger charge is -2.16. The van der Waals surface area contributed by atoms with Crippen LogP contribution in [0, 0.1) is 0 Å². The van der Waals surface area contributed by atoms with Crippen molar-refractivity contribution >= 4 is 11.6 Å². The van der Waals surface area contributed by atoms with Gasteiger partial charge in [-0.25, -0.2) is 13.8 Å². The van der Waals surface area contributed by atoms with E-state index in [0.717, 1.165) is 0 Å². The van der Waals surface area contributed by atoms with E-state index in [9.17, 15) is 8.78 Å². The van der Waals surface area contributed by atoms with Crippen molar-refractivity contribution in [2.24, 2.45) is 0 Å². The molecular weight excluding hydrogens is 188 g/mol. The Kier molecular flexibility index (Phi) is 2.02. The van der Waals surface area contributed by atoms with E-state index >= 15 is 0 Å². The Labute approximate surface area is 80.5 Å². The second kappa shape index (κ2) is 3.08. The number of pyridine rings is 1. The van der Waals surface area contributed by atoms with Gasteiger partial charge in [0.15, 0.2) is 0 Å². The van der Waals surface area contributed by atoms with Crippen LogP contribution in [-0.2, 0) is 0 Å². The fraction of sp³-hybridized carbons (Fsp3) is 0.444. The minimum absolute atomic E-state index is 0.108. The number of nitrogens with zero attached hydrogens (tertiary/aromatic N) is 2. The van der Waals surface area contributed by atoms with Crippen molar-refractivity contribution in [1.29, 1.82) is 0 Å². The summed E-state index contributed by atoms with van der Waals surface area (Å²) in [6.45, 7) is 0.0763. The van der Waals surface area contributed by atoms with E-state index in [4.69, 9.17) is 5.73 Å². The Morgan fingerprint density at radius 2 is 2.21 bits per heavy atom. The summed E-state index contributed by atoms with van der Waals surface area (Å²) in [4.78, 5) is 5.54. The Hall–Kier alpha value is -1.39. The summed E-state index contributed by atoms with van der Waals surface area (Å²) >= 11 is 0. The minimum Gasteiger partial charge on any atom is -0.384 e. The van der Waals surface area contributed by atoms with Crippen LogP contribution in [0.2, 0.25) is 0 Å².